The lowest BCUT2D eigenvalue weighted by molar-refractivity contribution is -0.115. The summed E-state index contributed by atoms with van der Waals surface area (Å²) >= 11 is 1.31. The monoisotopic (exact) mass is 423 g/mol. The summed E-state index contributed by atoms with van der Waals surface area (Å²) in [7, 11) is 0. The number of anilines is 1. The first-order chi connectivity index (χ1) is 14.3. The molecule has 0 fully saturated rings. The fourth-order valence-electron chi connectivity index (χ4n) is 3.37. The molecule has 0 aliphatic carbocycles. The van der Waals surface area contributed by atoms with Crippen molar-refractivity contribution in [2.24, 2.45) is 0 Å². The van der Waals surface area contributed by atoms with Crippen molar-refractivity contribution in [1.29, 1.82) is 0 Å². The molecule has 1 amide bonds. The van der Waals surface area contributed by atoms with E-state index in [1.54, 1.807) is 10.6 Å². The molecule has 3 aromatic rings. The van der Waals surface area contributed by atoms with Gasteiger partial charge in [-0.3, -0.25) is 14.2 Å². The van der Waals surface area contributed by atoms with Gasteiger partial charge in [-0.2, -0.15) is 0 Å². The van der Waals surface area contributed by atoms with E-state index >= 15 is 0 Å². The van der Waals surface area contributed by atoms with Crippen LogP contribution < -0.4 is 10.9 Å². The minimum absolute atomic E-state index is 0.0569. The fourth-order valence-corrected chi connectivity index (χ4v) is 4.41. The molecule has 5 nitrogen and oxygen atoms in total. The number of para-hydroxylation sites is 2. The minimum atomic E-state index is -0.409. The van der Waals surface area contributed by atoms with Crippen LogP contribution in [-0.4, -0.2) is 20.7 Å². The molecule has 0 aliphatic rings. The number of carbonyl (C=O) groups excluding carboxylic acids is 1. The smallest absolute Gasteiger partial charge is 0.262 e. The Morgan fingerprint density at radius 3 is 2.43 bits per heavy atom. The Labute approximate surface area is 181 Å². The molecule has 1 N–H and O–H groups in total. The zero-order chi connectivity index (χ0) is 21.8. The van der Waals surface area contributed by atoms with E-state index in [2.05, 4.69) is 25.2 Å². The van der Waals surface area contributed by atoms with E-state index in [1.807, 2.05) is 57.2 Å². The first-order valence-corrected chi connectivity index (χ1v) is 11.3. The van der Waals surface area contributed by atoms with Crippen LogP contribution in [0.3, 0.4) is 0 Å². The molecule has 6 heteroatoms. The molecule has 2 aromatic carbocycles. The van der Waals surface area contributed by atoms with Gasteiger partial charge >= 0.3 is 0 Å². The quantitative estimate of drug-likeness (QED) is 0.396. The molecule has 0 saturated heterocycles. The SMILES string of the molecule is CC[C@H](C)c1ccccc1NC(=O)[C@@H](C)Sc1nc2ccccc2c(=O)n1C(C)C. The Morgan fingerprint density at radius 2 is 1.73 bits per heavy atom. The van der Waals surface area contributed by atoms with Gasteiger partial charge in [-0.25, -0.2) is 4.98 Å². The number of rotatable bonds is 7. The number of nitrogens with one attached hydrogen (secondary N) is 1. The minimum Gasteiger partial charge on any atom is -0.325 e. The van der Waals surface area contributed by atoms with Gasteiger partial charge in [0.15, 0.2) is 5.16 Å². The standard InChI is InChI=1S/C24H29N3O2S/c1-6-16(4)18-11-7-9-13-20(18)25-22(28)17(5)30-24-26-21-14-10-8-12-19(21)23(29)27(24)15(2)3/h7-17H,6H2,1-5H3,(H,25,28)/t16-,17+/m0/s1. The number of thioether (sulfide) groups is 1. The molecule has 2 atom stereocenters. The molecular weight excluding hydrogens is 394 g/mol. The van der Waals surface area contributed by atoms with E-state index in [-0.39, 0.29) is 17.5 Å². The average Bonchev–Trinajstić information content (AvgIpc) is 2.73. The summed E-state index contributed by atoms with van der Waals surface area (Å²) < 4.78 is 1.67. The van der Waals surface area contributed by atoms with Gasteiger partial charge in [-0.15, -0.1) is 0 Å². The summed E-state index contributed by atoms with van der Waals surface area (Å²) in [5.41, 5.74) is 2.55. The van der Waals surface area contributed by atoms with Gasteiger partial charge in [0.25, 0.3) is 5.56 Å². The van der Waals surface area contributed by atoms with Crippen LogP contribution in [0, 0.1) is 0 Å². The number of fused-ring (bicyclic) bond motifs is 1. The average molecular weight is 424 g/mol. The van der Waals surface area contributed by atoms with E-state index < -0.39 is 5.25 Å². The molecule has 30 heavy (non-hydrogen) atoms. The van der Waals surface area contributed by atoms with Gasteiger partial charge < -0.3 is 5.32 Å². The van der Waals surface area contributed by atoms with Crippen LogP contribution in [-0.2, 0) is 4.79 Å². The number of hydrogen-bond donors (Lipinski definition) is 1. The highest BCUT2D eigenvalue weighted by molar-refractivity contribution is 8.00. The normalized spacial score (nSPS) is 13.4. The maximum atomic E-state index is 13.0. The maximum absolute atomic E-state index is 13.0. The second kappa shape index (κ2) is 9.47. The van der Waals surface area contributed by atoms with E-state index in [9.17, 15) is 9.59 Å². The van der Waals surface area contributed by atoms with Gasteiger partial charge in [0.05, 0.1) is 16.2 Å². The lowest BCUT2D eigenvalue weighted by Crippen LogP contribution is -2.28. The third-order valence-electron chi connectivity index (χ3n) is 5.31. The van der Waals surface area contributed by atoms with Crippen LogP contribution in [0.5, 0.6) is 0 Å². The highest BCUT2D eigenvalue weighted by Gasteiger charge is 2.21. The van der Waals surface area contributed by atoms with Crippen LogP contribution >= 0.6 is 11.8 Å². The largest absolute Gasteiger partial charge is 0.325 e. The molecule has 0 saturated carbocycles. The summed E-state index contributed by atoms with van der Waals surface area (Å²) in [6, 6.07) is 15.2. The highest BCUT2D eigenvalue weighted by Crippen LogP contribution is 2.29. The van der Waals surface area contributed by atoms with Gasteiger partial charge in [-0.1, -0.05) is 55.9 Å². The molecule has 158 valence electrons. The van der Waals surface area contributed by atoms with Crippen molar-refractivity contribution in [1.82, 2.24) is 9.55 Å². The van der Waals surface area contributed by atoms with Crippen molar-refractivity contribution >= 4 is 34.3 Å². The summed E-state index contributed by atoms with van der Waals surface area (Å²) in [6.45, 7) is 10.0. The van der Waals surface area contributed by atoms with Crippen molar-refractivity contribution < 1.29 is 4.79 Å². The lowest BCUT2D eigenvalue weighted by atomic mass is 9.97. The first kappa shape index (κ1) is 22.1. The molecule has 0 spiro atoms. The predicted octanol–water partition coefficient (Wildman–Crippen LogP) is 5.61. The van der Waals surface area contributed by atoms with E-state index in [0.717, 1.165) is 17.7 Å². The second-order valence-corrected chi connectivity index (χ2v) is 9.13. The zero-order valence-corrected chi connectivity index (χ0v) is 19.0. The van der Waals surface area contributed by atoms with Crippen LogP contribution in [0.1, 0.15) is 58.6 Å². The van der Waals surface area contributed by atoms with Crippen molar-refractivity contribution in [3.8, 4) is 0 Å². The molecule has 1 heterocycles. The van der Waals surface area contributed by atoms with Gasteiger partial charge in [0.1, 0.15) is 0 Å². The van der Waals surface area contributed by atoms with Crippen LogP contribution in [0.2, 0.25) is 0 Å². The molecule has 1 aromatic heterocycles. The summed E-state index contributed by atoms with van der Waals surface area (Å²) in [4.78, 5) is 30.6. The Kier molecular flexibility index (Phi) is 6.98. The first-order valence-electron chi connectivity index (χ1n) is 10.4. The number of amides is 1. The van der Waals surface area contributed by atoms with Crippen LogP contribution in [0.4, 0.5) is 5.69 Å². The topological polar surface area (TPSA) is 64.0 Å². The lowest BCUT2D eigenvalue weighted by Gasteiger charge is -2.20. The van der Waals surface area contributed by atoms with Crippen molar-refractivity contribution in [3.05, 3.63) is 64.4 Å². The molecule has 0 unspecified atom stereocenters. The third kappa shape index (κ3) is 4.59. The Morgan fingerprint density at radius 1 is 1.07 bits per heavy atom. The molecule has 0 radical (unpaired) electrons. The third-order valence-corrected chi connectivity index (χ3v) is 6.37. The summed E-state index contributed by atoms with van der Waals surface area (Å²) in [6.07, 6.45) is 0.999. The van der Waals surface area contributed by atoms with Gasteiger partial charge in [0, 0.05) is 11.7 Å². The number of carbonyl (C=O) groups is 1. The van der Waals surface area contributed by atoms with Crippen molar-refractivity contribution in [3.63, 3.8) is 0 Å². The Bertz CT molecular complexity index is 1110. The molecule has 0 aliphatic heterocycles. The van der Waals surface area contributed by atoms with Gasteiger partial charge in [0.2, 0.25) is 5.91 Å². The van der Waals surface area contributed by atoms with Crippen molar-refractivity contribution in [2.75, 3.05) is 5.32 Å². The van der Waals surface area contributed by atoms with Crippen LogP contribution in [0.25, 0.3) is 10.9 Å². The second-order valence-electron chi connectivity index (χ2n) is 7.83. The molecular formula is C24H29N3O2S. The number of aromatic nitrogens is 2. The van der Waals surface area contributed by atoms with E-state index in [0.29, 0.717) is 22.0 Å². The summed E-state index contributed by atoms with van der Waals surface area (Å²) in [5.74, 6) is 0.256. The zero-order valence-electron chi connectivity index (χ0n) is 18.2. The predicted molar refractivity (Wildman–Crippen MR) is 125 cm³/mol. The summed E-state index contributed by atoms with van der Waals surface area (Å²) in [5, 5.41) is 3.82. The molecule has 0 bridgehead atoms. The fraction of sp³-hybridized carbons (Fsp3) is 0.375. The number of benzene rings is 2. The molecule has 3 rings (SSSR count). The number of nitrogens with zero attached hydrogens (tertiary/aromatic N) is 2. The van der Waals surface area contributed by atoms with E-state index in [1.165, 1.54) is 11.8 Å². The number of hydrogen-bond acceptors (Lipinski definition) is 4. The maximum Gasteiger partial charge on any atom is 0.262 e. The highest BCUT2D eigenvalue weighted by atomic mass is 32.2. The van der Waals surface area contributed by atoms with Crippen LogP contribution in [0.15, 0.2) is 58.5 Å². The Balaban J connectivity index is 1.88. The van der Waals surface area contributed by atoms with E-state index in [4.69, 9.17) is 4.98 Å². The Hall–Kier alpha value is -2.60. The van der Waals surface area contributed by atoms with Crippen molar-refractivity contribution in [2.45, 2.75) is 63.4 Å². The van der Waals surface area contributed by atoms with Gasteiger partial charge in [-0.05, 0) is 56.9 Å².